The van der Waals surface area contributed by atoms with Crippen molar-refractivity contribution < 1.29 is 33.7 Å². The zero-order valence-electron chi connectivity index (χ0n) is 12.8. The Kier molecular flexibility index (Phi) is 6.58. The summed E-state index contributed by atoms with van der Waals surface area (Å²) >= 11 is 17.6. The molecule has 0 radical (unpaired) electrons. The molecule has 140 valence electrons. The first-order valence-corrected chi connectivity index (χ1v) is 9.22. The lowest BCUT2D eigenvalue weighted by Crippen LogP contribution is -2.61. The first-order chi connectivity index (χ1) is 11.6. The number of β-lactam (4-membered cyclic amide) rings is 1. The fourth-order valence-electron chi connectivity index (χ4n) is 2.08. The van der Waals surface area contributed by atoms with Crippen LogP contribution in [-0.4, -0.2) is 61.8 Å². The van der Waals surface area contributed by atoms with Crippen molar-refractivity contribution in [1.82, 2.24) is 4.90 Å². The second kappa shape index (κ2) is 8.11. The minimum Gasteiger partial charge on any atom is -0.476 e. The Bertz CT molecular complexity index is 595. The summed E-state index contributed by atoms with van der Waals surface area (Å²) in [5.41, 5.74) is -0.166. The van der Waals surface area contributed by atoms with E-state index in [2.05, 4.69) is 4.74 Å². The highest BCUT2D eigenvalue weighted by molar-refractivity contribution is 8.00. The number of carboxylic acids is 1. The summed E-state index contributed by atoms with van der Waals surface area (Å²) in [5.74, 6) is -1.04. The van der Waals surface area contributed by atoms with E-state index < -0.39 is 40.1 Å². The summed E-state index contributed by atoms with van der Waals surface area (Å²) < 4.78 is 13.1. The maximum absolute atomic E-state index is 12.0. The fraction of sp³-hybridized carbons (Fsp3) is 0.615. The number of rotatable bonds is 7. The number of nitrogens with zero attached hydrogens (tertiary/aromatic N) is 1. The number of hydrogen-bond acceptors (Lipinski definition) is 7. The molecule has 8 nitrogen and oxygen atoms in total. The molecule has 25 heavy (non-hydrogen) atoms. The van der Waals surface area contributed by atoms with Crippen LogP contribution < -0.4 is 0 Å². The van der Waals surface area contributed by atoms with E-state index in [1.165, 1.54) is 11.8 Å². The van der Waals surface area contributed by atoms with Gasteiger partial charge in [-0.25, -0.2) is 9.59 Å². The van der Waals surface area contributed by atoms with E-state index in [0.29, 0.717) is 12.2 Å². The number of fused-ring (bicyclic) bond motifs is 1. The molecule has 1 unspecified atom stereocenters. The number of hydrogen-bond donors (Lipinski definition) is 1. The quantitative estimate of drug-likeness (QED) is 0.370. The van der Waals surface area contributed by atoms with Crippen molar-refractivity contribution in [2.24, 2.45) is 0 Å². The van der Waals surface area contributed by atoms with E-state index >= 15 is 0 Å². The van der Waals surface area contributed by atoms with Crippen molar-refractivity contribution >= 4 is 64.6 Å². The van der Waals surface area contributed by atoms with Crippen molar-refractivity contribution in [3.8, 4) is 0 Å². The number of amides is 1. The standard InChI is InChI=1S/C13H14Cl3NO7S/c1-6(24-12(21)23-5-13(14,15)16)2-3-25-8-9(18)17-7(11(19)20)4-22-10(8)17/h4,6,8,10H,2-3,5H2,1H3,(H,19,20)/t6?,8-,10-/m1/s1. The Morgan fingerprint density at radius 2 is 2.16 bits per heavy atom. The molecule has 1 fully saturated rings. The second-order valence-corrected chi connectivity index (χ2v) is 8.97. The predicted molar refractivity (Wildman–Crippen MR) is 90.5 cm³/mol. The van der Waals surface area contributed by atoms with E-state index in [9.17, 15) is 14.4 Å². The monoisotopic (exact) mass is 433 g/mol. The van der Waals surface area contributed by atoms with Gasteiger partial charge in [-0.1, -0.05) is 34.8 Å². The third-order valence-corrected chi connectivity index (χ3v) is 4.86. The molecule has 0 spiro atoms. The van der Waals surface area contributed by atoms with Gasteiger partial charge in [0.05, 0.1) is 0 Å². The topological polar surface area (TPSA) is 102 Å². The maximum atomic E-state index is 12.0. The predicted octanol–water partition coefficient (Wildman–Crippen LogP) is 2.51. The van der Waals surface area contributed by atoms with Crippen molar-refractivity contribution in [2.75, 3.05) is 12.4 Å². The molecule has 0 aromatic carbocycles. The molecule has 2 heterocycles. The lowest BCUT2D eigenvalue weighted by atomic mass is 10.1. The van der Waals surface area contributed by atoms with Crippen molar-refractivity contribution in [3.63, 3.8) is 0 Å². The lowest BCUT2D eigenvalue weighted by molar-refractivity contribution is -0.155. The van der Waals surface area contributed by atoms with E-state index in [1.54, 1.807) is 6.92 Å². The zero-order chi connectivity index (χ0) is 18.8. The van der Waals surface area contributed by atoms with Crippen LogP contribution in [0, 0.1) is 0 Å². The van der Waals surface area contributed by atoms with Crippen molar-refractivity contribution in [1.29, 1.82) is 0 Å². The molecule has 0 bridgehead atoms. The molecule has 0 aliphatic carbocycles. The minimum atomic E-state index is -1.71. The smallest absolute Gasteiger partial charge is 0.476 e. The number of alkyl halides is 3. The van der Waals surface area contributed by atoms with Gasteiger partial charge in [0, 0.05) is 0 Å². The number of carboxylic acid groups (broad SMARTS) is 1. The van der Waals surface area contributed by atoms with Crippen LogP contribution in [-0.2, 0) is 23.8 Å². The number of halogens is 3. The Morgan fingerprint density at radius 3 is 2.76 bits per heavy atom. The maximum Gasteiger partial charge on any atom is 0.508 e. The number of thioether (sulfide) groups is 1. The van der Waals surface area contributed by atoms with E-state index in [4.69, 9.17) is 49.4 Å². The van der Waals surface area contributed by atoms with E-state index in [1.807, 2.05) is 0 Å². The summed E-state index contributed by atoms with van der Waals surface area (Å²) in [7, 11) is 0. The molecule has 12 heteroatoms. The molecule has 1 saturated heterocycles. The molecule has 2 aliphatic rings. The van der Waals surface area contributed by atoms with Gasteiger partial charge >= 0.3 is 12.1 Å². The number of ether oxygens (including phenoxy) is 3. The Balaban J connectivity index is 1.66. The molecule has 0 aromatic rings. The first-order valence-electron chi connectivity index (χ1n) is 7.04. The minimum absolute atomic E-state index is 0.166. The normalized spacial score (nSPS) is 23.1. The van der Waals surface area contributed by atoms with Crippen LogP contribution in [0.1, 0.15) is 13.3 Å². The Hall–Kier alpha value is -1.03. The average molecular weight is 435 g/mol. The Labute approximate surface area is 162 Å². The zero-order valence-corrected chi connectivity index (χ0v) is 15.9. The number of carbonyl (C=O) groups is 3. The molecule has 1 N–H and O–H groups in total. The molecule has 0 aromatic heterocycles. The number of aliphatic carboxylic acids is 1. The third kappa shape index (κ3) is 5.22. The highest BCUT2D eigenvalue weighted by atomic mass is 35.6. The summed E-state index contributed by atoms with van der Waals surface area (Å²) in [5, 5.41) is 8.44. The molecule has 2 aliphatic heterocycles. The highest BCUT2D eigenvalue weighted by Gasteiger charge is 2.55. The summed E-state index contributed by atoms with van der Waals surface area (Å²) in [6, 6.07) is 0. The lowest BCUT2D eigenvalue weighted by Gasteiger charge is -2.40. The molecular weight excluding hydrogens is 421 g/mol. The second-order valence-electron chi connectivity index (χ2n) is 5.21. The van der Waals surface area contributed by atoms with E-state index in [0.717, 1.165) is 11.2 Å². The van der Waals surface area contributed by atoms with Crippen LogP contribution >= 0.6 is 46.6 Å². The van der Waals surface area contributed by atoms with Gasteiger partial charge in [0.15, 0.2) is 11.9 Å². The van der Waals surface area contributed by atoms with Crippen LogP contribution in [0.3, 0.4) is 0 Å². The Morgan fingerprint density at radius 1 is 1.48 bits per heavy atom. The molecular formula is C13H14Cl3NO7S. The van der Waals surface area contributed by atoms with Crippen LogP contribution in [0.25, 0.3) is 0 Å². The van der Waals surface area contributed by atoms with Crippen LogP contribution in [0.15, 0.2) is 12.0 Å². The average Bonchev–Trinajstić information content (AvgIpc) is 2.89. The summed E-state index contributed by atoms with van der Waals surface area (Å²) in [6.07, 6.45) is -0.515. The molecule has 0 saturated carbocycles. The van der Waals surface area contributed by atoms with Gasteiger partial charge in [-0.05, 0) is 19.1 Å². The summed E-state index contributed by atoms with van der Waals surface area (Å²) in [4.78, 5) is 35.4. The van der Waals surface area contributed by atoms with Crippen LogP contribution in [0.5, 0.6) is 0 Å². The number of carbonyl (C=O) groups excluding carboxylic acids is 2. The first kappa shape index (κ1) is 20.3. The largest absolute Gasteiger partial charge is 0.508 e. The molecule has 1 amide bonds. The van der Waals surface area contributed by atoms with Gasteiger partial charge in [-0.3, -0.25) is 9.69 Å². The van der Waals surface area contributed by atoms with Gasteiger partial charge in [-0.2, -0.15) is 0 Å². The van der Waals surface area contributed by atoms with Gasteiger partial charge in [0.1, 0.15) is 24.2 Å². The van der Waals surface area contributed by atoms with Gasteiger partial charge in [-0.15, -0.1) is 11.8 Å². The summed E-state index contributed by atoms with van der Waals surface area (Å²) in [6.45, 7) is 1.23. The van der Waals surface area contributed by atoms with Gasteiger partial charge in [0.2, 0.25) is 9.70 Å². The fourth-order valence-corrected chi connectivity index (χ4v) is 3.57. The SMILES string of the molecule is CC(CCS[C@@H]1C(=O)N2C(C(=O)O)=CO[C@H]12)OC(=O)OCC(Cl)(Cl)Cl. The van der Waals surface area contributed by atoms with E-state index in [-0.39, 0.29) is 11.6 Å². The van der Waals surface area contributed by atoms with Gasteiger partial charge in [0.25, 0.3) is 0 Å². The van der Waals surface area contributed by atoms with Crippen LogP contribution in [0.2, 0.25) is 0 Å². The third-order valence-electron chi connectivity index (χ3n) is 3.26. The van der Waals surface area contributed by atoms with Gasteiger partial charge < -0.3 is 19.3 Å². The van der Waals surface area contributed by atoms with Crippen molar-refractivity contribution in [2.45, 2.75) is 34.7 Å². The molecule has 3 atom stereocenters. The highest BCUT2D eigenvalue weighted by Crippen LogP contribution is 2.39. The van der Waals surface area contributed by atoms with Crippen molar-refractivity contribution in [3.05, 3.63) is 12.0 Å². The van der Waals surface area contributed by atoms with Crippen LogP contribution in [0.4, 0.5) is 4.79 Å². The molecule has 2 rings (SSSR count).